The number of rotatable bonds is 3. The molecule has 0 saturated heterocycles. The Balaban J connectivity index is 2.15. The second-order valence-electron chi connectivity index (χ2n) is 4.03. The van der Waals surface area contributed by atoms with Crippen LogP contribution in [0.15, 0.2) is 24.3 Å². The van der Waals surface area contributed by atoms with Gasteiger partial charge in [-0.2, -0.15) is 0 Å². The molecule has 0 amide bonds. The average molecular weight is 340 g/mol. The predicted molar refractivity (Wildman–Crippen MR) is 82.8 cm³/mol. The fraction of sp³-hybridized carbons (Fsp3) is 0.231. The van der Waals surface area contributed by atoms with E-state index in [4.69, 9.17) is 46.4 Å². The van der Waals surface area contributed by atoms with Gasteiger partial charge in [-0.05, 0) is 42.7 Å². The molecule has 0 nitrogen and oxygen atoms in total. The summed E-state index contributed by atoms with van der Waals surface area (Å²) >= 11 is 25.8. The first-order valence-electron chi connectivity index (χ1n) is 5.31. The molecule has 18 heavy (non-hydrogen) atoms. The minimum absolute atomic E-state index is 0.0987. The third-order valence-electron chi connectivity index (χ3n) is 2.58. The Bertz CT molecular complexity index is 543. The van der Waals surface area contributed by atoms with Crippen molar-refractivity contribution < 1.29 is 0 Å². The van der Waals surface area contributed by atoms with Crippen molar-refractivity contribution in [3.05, 3.63) is 54.7 Å². The van der Waals surface area contributed by atoms with E-state index in [9.17, 15) is 0 Å². The van der Waals surface area contributed by atoms with Crippen molar-refractivity contribution in [1.82, 2.24) is 0 Å². The van der Waals surface area contributed by atoms with Gasteiger partial charge in [-0.25, -0.2) is 0 Å². The summed E-state index contributed by atoms with van der Waals surface area (Å²) in [5.74, 6) is 0. The molecule has 2 aromatic rings. The maximum Gasteiger partial charge on any atom is 0.0960 e. The van der Waals surface area contributed by atoms with Gasteiger partial charge in [0.2, 0.25) is 0 Å². The van der Waals surface area contributed by atoms with Gasteiger partial charge in [-0.1, -0.05) is 40.9 Å². The van der Waals surface area contributed by atoms with Crippen molar-refractivity contribution >= 4 is 57.7 Å². The molecule has 96 valence electrons. The number of benzene rings is 1. The second-order valence-corrected chi connectivity index (χ2v) is 7.05. The zero-order chi connectivity index (χ0) is 13.3. The molecule has 0 aliphatic heterocycles. The van der Waals surface area contributed by atoms with Crippen LogP contribution >= 0.6 is 57.7 Å². The molecule has 0 spiro atoms. The summed E-state index contributed by atoms with van der Waals surface area (Å²) in [4.78, 5) is 1.07. The molecular weight excluding hydrogens is 330 g/mol. The molecule has 5 heteroatoms. The number of alkyl halides is 1. The Morgan fingerprint density at radius 3 is 2.39 bits per heavy atom. The molecule has 0 saturated carbocycles. The SMILES string of the molecule is Cc1cc(C(Cl)Cc2ccc(Cl)c(Cl)c2)sc1Cl. The van der Waals surface area contributed by atoms with Crippen molar-refractivity contribution in [2.45, 2.75) is 18.7 Å². The summed E-state index contributed by atoms with van der Waals surface area (Å²) in [6.07, 6.45) is 0.703. The highest BCUT2D eigenvalue weighted by Gasteiger charge is 2.14. The van der Waals surface area contributed by atoms with Crippen LogP contribution < -0.4 is 0 Å². The first kappa shape index (κ1) is 14.5. The highest BCUT2D eigenvalue weighted by atomic mass is 35.5. The highest BCUT2D eigenvalue weighted by Crippen LogP contribution is 2.36. The number of thiophene rings is 1. The van der Waals surface area contributed by atoms with Crippen LogP contribution in [0.5, 0.6) is 0 Å². The fourth-order valence-corrected chi connectivity index (χ4v) is 3.50. The van der Waals surface area contributed by atoms with Crippen molar-refractivity contribution in [1.29, 1.82) is 0 Å². The monoisotopic (exact) mass is 338 g/mol. The molecule has 0 fully saturated rings. The third-order valence-corrected chi connectivity index (χ3v) is 5.51. The van der Waals surface area contributed by atoms with Crippen LogP contribution in [-0.4, -0.2) is 0 Å². The lowest BCUT2D eigenvalue weighted by Crippen LogP contribution is -1.93. The highest BCUT2D eigenvalue weighted by molar-refractivity contribution is 7.16. The maximum absolute atomic E-state index is 6.39. The van der Waals surface area contributed by atoms with E-state index in [0.29, 0.717) is 16.5 Å². The van der Waals surface area contributed by atoms with E-state index in [2.05, 4.69) is 0 Å². The molecule has 1 atom stereocenters. The number of hydrogen-bond acceptors (Lipinski definition) is 1. The number of halogens is 4. The van der Waals surface area contributed by atoms with E-state index in [-0.39, 0.29) is 5.38 Å². The van der Waals surface area contributed by atoms with Crippen molar-refractivity contribution in [3.8, 4) is 0 Å². The summed E-state index contributed by atoms with van der Waals surface area (Å²) in [5.41, 5.74) is 2.13. The van der Waals surface area contributed by atoms with Crippen LogP contribution in [0.1, 0.15) is 21.4 Å². The third kappa shape index (κ3) is 3.34. The molecule has 2 rings (SSSR count). The normalized spacial score (nSPS) is 12.7. The van der Waals surface area contributed by atoms with Gasteiger partial charge in [0.15, 0.2) is 0 Å². The molecule has 1 aromatic heterocycles. The van der Waals surface area contributed by atoms with Crippen LogP contribution in [0.4, 0.5) is 0 Å². The Morgan fingerprint density at radius 1 is 1.11 bits per heavy atom. The van der Waals surface area contributed by atoms with E-state index >= 15 is 0 Å². The summed E-state index contributed by atoms with van der Waals surface area (Å²) in [6, 6.07) is 7.60. The van der Waals surface area contributed by atoms with Gasteiger partial charge < -0.3 is 0 Å². The summed E-state index contributed by atoms with van der Waals surface area (Å²) in [5, 5.41) is 1.01. The summed E-state index contributed by atoms with van der Waals surface area (Å²) in [6.45, 7) is 1.98. The Morgan fingerprint density at radius 2 is 1.83 bits per heavy atom. The summed E-state index contributed by atoms with van der Waals surface area (Å²) < 4.78 is 0.796. The molecule has 1 heterocycles. The van der Waals surface area contributed by atoms with E-state index in [0.717, 1.165) is 20.3 Å². The van der Waals surface area contributed by atoms with Gasteiger partial charge in [-0.3, -0.25) is 0 Å². The Hall–Kier alpha value is 0.0800. The molecule has 0 radical (unpaired) electrons. The largest absolute Gasteiger partial charge is 0.127 e. The lowest BCUT2D eigenvalue weighted by molar-refractivity contribution is 0.939. The standard InChI is InChI=1S/C13H10Cl4S/c1-7-4-12(18-13(7)17)11(16)6-8-2-3-9(14)10(15)5-8/h2-5,11H,6H2,1H3. The summed E-state index contributed by atoms with van der Waals surface area (Å²) in [7, 11) is 0. The van der Waals surface area contributed by atoms with Gasteiger partial charge in [0.25, 0.3) is 0 Å². The van der Waals surface area contributed by atoms with Crippen molar-refractivity contribution in [2.75, 3.05) is 0 Å². The molecule has 0 aliphatic rings. The lowest BCUT2D eigenvalue weighted by atomic mass is 10.1. The number of hydrogen-bond donors (Lipinski definition) is 0. The topological polar surface area (TPSA) is 0 Å². The van der Waals surface area contributed by atoms with Gasteiger partial charge in [-0.15, -0.1) is 22.9 Å². The fourth-order valence-electron chi connectivity index (χ4n) is 1.61. The van der Waals surface area contributed by atoms with Crippen LogP contribution in [0.2, 0.25) is 14.4 Å². The molecule has 1 aromatic carbocycles. The van der Waals surface area contributed by atoms with Gasteiger partial charge in [0, 0.05) is 4.88 Å². The zero-order valence-corrected chi connectivity index (χ0v) is 13.4. The van der Waals surface area contributed by atoms with Crippen LogP contribution in [-0.2, 0) is 6.42 Å². The van der Waals surface area contributed by atoms with Gasteiger partial charge >= 0.3 is 0 Å². The van der Waals surface area contributed by atoms with Crippen LogP contribution in [0, 0.1) is 6.92 Å². The van der Waals surface area contributed by atoms with Crippen molar-refractivity contribution in [3.63, 3.8) is 0 Å². The Kier molecular flexibility index (Phi) is 4.85. The van der Waals surface area contributed by atoms with E-state index in [1.807, 2.05) is 25.1 Å². The first-order chi connectivity index (χ1) is 8.47. The first-order valence-corrected chi connectivity index (χ1v) is 7.70. The van der Waals surface area contributed by atoms with Gasteiger partial charge in [0.05, 0.1) is 19.8 Å². The predicted octanol–water partition coefficient (Wildman–Crippen LogP) is 6.54. The van der Waals surface area contributed by atoms with Crippen molar-refractivity contribution in [2.24, 2.45) is 0 Å². The van der Waals surface area contributed by atoms with E-state index in [1.165, 1.54) is 11.3 Å². The molecule has 0 N–H and O–H groups in total. The van der Waals surface area contributed by atoms with Crippen LogP contribution in [0.3, 0.4) is 0 Å². The van der Waals surface area contributed by atoms with E-state index in [1.54, 1.807) is 6.07 Å². The Labute approximate surface area is 130 Å². The average Bonchev–Trinajstić information content (AvgIpc) is 2.65. The quantitative estimate of drug-likeness (QED) is 0.557. The van der Waals surface area contributed by atoms with Crippen LogP contribution in [0.25, 0.3) is 0 Å². The zero-order valence-electron chi connectivity index (χ0n) is 9.51. The maximum atomic E-state index is 6.39. The molecule has 0 aliphatic carbocycles. The molecule has 0 bridgehead atoms. The second kappa shape index (κ2) is 6.02. The van der Waals surface area contributed by atoms with E-state index < -0.39 is 0 Å². The number of aryl methyl sites for hydroxylation is 1. The van der Waals surface area contributed by atoms with Gasteiger partial charge in [0.1, 0.15) is 0 Å². The molecule has 1 unspecified atom stereocenters. The molecular formula is C13H10Cl4S. The lowest BCUT2D eigenvalue weighted by Gasteiger charge is -2.08. The minimum atomic E-state index is -0.0987. The smallest absolute Gasteiger partial charge is 0.0960 e. The minimum Gasteiger partial charge on any atom is -0.127 e.